The fourth-order valence-corrected chi connectivity index (χ4v) is 1.49. The van der Waals surface area contributed by atoms with Crippen LogP contribution >= 0.6 is 0 Å². The monoisotopic (exact) mass is 245 g/mol. The maximum absolute atomic E-state index is 12.0. The van der Waals surface area contributed by atoms with Crippen molar-refractivity contribution in [3.8, 4) is 0 Å². The Morgan fingerprint density at radius 1 is 1.22 bits per heavy atom. The molecule has 0 bridgehead atoms. The Kier molecular flexibility index (Phi) is 3.14. The van der Waals surface area contributed by atoms with Crippen molar-refractivity contribution in [3.05, 3.63) is 54.0 Å². The molecule has 1 N–H and O–H groups in total. The second-order valence-electron chi connectivity index (χ2n) is 3.70. The van der Waals surface area contributed by atoms with E-state index in [9.17, 15) is 9.59 Å². The van der Waals surface area contributed by atoms with Crippen LogP contribution in [-0.4, -0.2) is 24.0 Å². The number of carbonyl (C=O) groups excluding carboxylic acids is 1. The second kappa shape index (κ2) is 4.75. The number of amides is 1. The SMILES string of the molecule is CN(C(=O)c1cc(C(=O)O)co1)c1ccccc1. The molecule has 0 aliphatic carbocycles. The van der Waals surface area contributed by atoms with E-state index in [0.717, 1.165) is 6.26 Å². The van der Waals surface area contributed by atoms with Gasteiger partial charge in [0.2, 0.25) is 0 Å². The molecule has 0 saturated heterocycles. The molecule has 0 saturated carbocycles. The standard InChI is InChI=1S/C13H11NO4/c1-14(10-5-3-2-4-6-10)12(15)11-7-9(8-18-11)13(16)17/h2-8H,1H3,(H,16,17). The van der Waals surface area contributed by atoms with Crippen molar-refractivity contribution in [1.82, 2.24) is 0 Å². The highest BCUT2D eigenvalue weighted by atomic mass is 16.4. The minimum Gasteiger partial charge on any atom is -0.478 e. The topological polar surface area (TPSA) is 70.8 Å². The summed E-state index contributed by atoms with van der Waals surface area (Å²) < 4.78 is 4.96. The molecule has 1 heterocycles. The van der Waals surface area contributed by atoms with E-state index in [1.54, 1.807) is 19.2 Å². The third-order valence-corrected chi connectivity index (χ3v) is 2.51. The maximum Gasteiger partial charge on any atom is 0.338 e. The van der Waals surface area contributed by atoms with Gasteiger partial charge in [-0.05, 0) is 12.1 Å². The first-order valence-corrected chi connectivity index (χ1v) is 5.24. The number of carbonyl (C=O) groups is 2. The molecule has 1 aromatic carbocycles. The van der Waals surface area contributed by atoms with Crippen LogP contribution in [0.3, 0.4) is 0 Å². The summed E-state index contributed by atoms with van der Waals surface area (Å²) in [5.74, 6) is -1.52. The Bertz CT molecular complexity index is 574. The lowest BCUT2D eigenvalue weighted by atomic mass is 10.2. The number of carboxylic acid groups (broad SMARTS) is 1. The average molecular weight is 245 g/mol. The summed E-state index contributed by atoms with van der Waals surface area (Å²) in [4.78, 5) is 24.1. The van der Waals surface area contributed by atoms with E-state index in [4.69, 9.17) is 9.52 Å². The van der Waals surface area contributed by atoms with Crippen LogP contribution in [0, 0.1) is 0 Å². The van der Waals surface area contributed by atoms with Crippen molar-refractivity contribution in [1.29, 1.82) is 0 Å². The summed E-state index contributed by atoms with van der Waals surface area (Å²) in [6.07, 6.45) is 1.05. The van der Waals surface area contributed by atoms with Crippen molar-refractivity contribution in [2.75, 3.05) is 11.9 Å². The van der Waals surface area contributed by atoms with Crippen LogP contribution in [0.4, 0.5) is 5.69 Å². The van der Waals surface area contributed by atoms with Crippen molar-refractivity contribution in [3.63, 3.8) is 0 Å². The quantitative estimate of drug-likeness (QED) is 0.900. The molecule has 0 aliphatic rings. The Morgan fingerprint density at radius 2 is 1.89 bits per heavy atom. The van der Waals surface area contributed by atoms with E-state index in [1.165, 1.54) is 11.0 Å². The van der Waals surface area contributed by atoms with E-state index in [-0.39, 0.29) is 11.3 Å². The third kappa shape index (κ3) is 2.24. The number of aromatic carboxylic acids is 1. The lowest BCUT2D eigenvalue weighted by molar-refractivity contribution is 0.0696. The minimum atomic E-state index is -1.12. The zero-order chi connectivity index (χ0) is 13.1. The number of anilines is 1. The largest absolute Gasteiger partial charge is 0.478 e. The molecule has 0 radical (unpaired) electrons. The van der Waals surface area contributed by atoms with Crippen molar-refractivity contribution in [2.45, 2.75) is 0 Å². The molecule has 1 amide bonds. The van der Waals surface area contributed by atoms with Gasteiger partial charge in [0.15, 0.2) is 5.76 Å². The molecule has 1 aromatic heterocycles. The maximum atomic E-state index is 12.0. The zero-order valence-electron chi connectivity index (χ0n) is 9.66. The van der Waals surface area contributed by atoms with E-state index in [0.29, 0.717) is 5.69 Å². The van der Waals surface area contributed by atoms with Crippen LogP contribution in [0.1, 0.15) is 20.9 Å². The summed E-state index contributed by atoms with van der Waals surface area (Å²) >= 11 is 0. The van der Waals surface area contributed by atoms with Gasteiger partial charge in [-0.25, -0.2) is 4.79 Å². The molecule has 2 aromatic rings. The van der Waals surface area contributed by atoms with E-state index in [2.05, 4.69) is 0 Å². The van der Waals surface area contributed by atoms with Gasteiger partial charge in [-0.15, -0.1) is 0 Å². The Balaban J connectivity index is 2.23. The fraction of sp³-hybridized carbons (Fsp3) is 0.0769. The molecule has 0 aliphatic heterocycles. The van der Waals surface area contributed by atoms with Gasteiger partial charge in [0.1, 0.15) is 6.26 Å². The molecule has 5 nitrogen and oxygen atoms in total. The van der Waals surface area contributed by atoms with Gasteiger partial charge in [0.25, 0.3) is 5.91 Å². The lowest BCUT2D eigenvalue weighted by Crippen LogP contribution is -2.25. The van der Waals surface area contributed by atoms with Crippen molar-refractivity contribution >= 4 is 17.6 Å². The number of furan rings is 1. The van der Waals surface area contributed by atoms with Crippen molar-refractivity contribution < 1.29 is 19.1 Å². The summed E-state index contributed by atoms with van der Waals surface area (Å²) in [6.45, 7) is 0. The van der Waals surface area contributed by atoms with Gasteiger partial charge in [-0.2, -0.15) is 0 Å². The van der Waals surface area contributed by atoms with Crippen LogP contribution in [0.25, 0.3) is 0 Å². The Morgan fingerprint density at radius 3 is 2.44 bits per heavy atom. The molecule has 92 valence electrons. The summed E-state index contributed by atoms with van der Waals surface area (Å²) in [7, 11) is 1.60. The zero-order valence-corrected chi connectivity index (χ0v) is 9.66. The second-order valence-corrected chi connectivity index (χ2v) is 3.70. The van der Waals surface area contributed by atoms with Crippen LogP contribution in [-0.2, 0) is 0 Å². The molecule has 2 rings (SSSR count). The first kappa shape index (κ1) is 11.9. The van der Waals surface area contributed by atoms with Gasteiger partial charge in [0, 0.05) is 18.8 Å². The summed E-state index contributed by atoms with van der Waals surface area (Å²) in [5, 5.41) is 8.75. The van der Waals surface area contributed by atoms with Crippen LogP contribution in [0.5, 0.6) is 0 Å². The fourth-order valence-electron chi connectivity index (χ4n) is 1.49. The molecule has 0 atom stereocenters. The number of carboxylic acids is 1. The van der Waals surface area contributed by atoms with E-state index < -0.39 is 11.9 Å². The van der Waals surface area contributed by atoms with Gasteiger partial charge in [-0.3, -0.25) is 4.79 Å². The van der Waals surface area contributed by atoms with Gasteiger partial charge in [-0.1, -0.05) is 18.2 Å². The number of nitrogens with zero attached hydrogens (tertiary/aromatic N) is 1. The van der Waals surface area contributed by atoms with Crippen molar-refractivity contribution in [2.24, 2.45) is 0 Å². The van der Waals surface area contributed by atoms with Gasteiger partial charge < -0.3 is 14.4 Å². The predicted molar refractivity (Wildman–Crippen MR) is 64.8 cm³/mol. The molecule has 5 heteroatoms. The Hall–Kier alpha value is -2.56. The molecule has 0 unspecified atom stereocenters. The van der Waals surface area contributed by atoms with Crippen LogP contribution < -0.4 is 4.90 Å². The molecule has 0 spiro atoms. The Labute approximate surface area is 103 Å². The minimum absolute atomic E-state index is 0.00115. The van der Waals surface area contributed by atoms with Gasteiger partial charge >= 0.3 is 5.97 Å². The van der Waals surface area contributed by atoms with Crippen LogP contribution in [0.15, 0.2) is 47.1 Å². The number of para-hydroxylation sites is 1. The highest BCUT2D eigenvalue weighted by Crippen LogP contribution is 2.16. The van der Waals surface area contributed by atoms with Crippen LogP contribution in [0.2, 0.25) is 0 Å². The van der Waals surface area contributed by atoms with E-state index in [1.807, 2.05) is 18.2 Å². The first-order chi connectivity index (χ1) is 8.59. The van der Waals surface area contributed by atoms with Gasteiger partial charge in [0.05, 0.1) is 5.56 Å². The lowest BCUT2D eigenvalue weighted by Gasteiger charge is -2.15. The van der Waals surface area contributed by atoms with E-state index >= 15 is 0 Å². The smallest absolute Gasteiger partial charge is 0.338 e. The highest BCUT2D eigenvalue weighted by molar-refractivity contribution is 6.05. The number of rotatable bonds is 3. The number of hydrogen-bond acceptors (Lipinski definition) is 3. The third-order valence-electron chi connectivity index (χ3n) is 2.51. The molecule has 0 fully saturated rings. The normalized spacial score (nSPS) is 10.1. The summed E-state index contributed by atoms with van der Waals surface area (Å²) in [5.41, 5.74) is 0.663. The highest BCUT2D eigenvalue weighted by Gasteiger charge is 2.19. The molecular formula is C13H11NO4. The average Bonchev–Trinajstić information content (AvgIpc) is 2.88. The molecule has 18 heavy (non-hydrogen) atoms. The number of hydrogen-bond donors (Lipinski definition) is 1. The number of benzene rings is 1. The predicted octanol–water partition coefficient (Wildman–Crippen LogP) is 2.25. The molecular weight excluding hydrogens is 234 g/mol. The first-order valence-electron chi connectivity index (χ1n) is 5.24. The summed E-state index contributed by atoms with van der Waals surface area (Å²) in [6, 6.07) is 10.2.